The smallest absolute Gasteiger partial charge is 0.261 e. The molecule has 4 unspecified atom stereocenters. The highest BCUT2D eigenvalue weighted by Gasteiger charge is 2.63. The molecule has 0 N–H and O–H groups in total. The summed E-state index contributed by atoms with van der Waals surface area (Å²) in [6, 6.07) is -0.984. The fourth-order valence-electron chi connectivity index (χ4n) is 4.47. The van der Waals surface area contributed by atoms with Crippen LogP contribution in [0.25, 0.3) is 0 Å². The normalized spacial score (nSPS) is 52.5. The van der Waals surface area contributed by atoms with Crippen LogP contribution >= 0.6 is 0 Å². The van der Waals surface area contributed by atoms with Crippen LogP contribution < -0.4 is 0 Å². The maximum atomic E-state index is 13.2. The Morgan fingerprint density at radius 2 is 2.15 bits per heavy atom. The van der Waals surface area contributed by atoms with Crippen molar-refractivity contribution in [3.63, 3.8) is 0 Å². The number of halogens is 1. The van der Waals surface area contributed by atoms with Crippen molar-refractivity contribution in [2.24, 2.45) is 23.2 Å². The van der Waals surface area contributed by atoms with E-state index in [0.29, 0.717) is 17.8 Å². The fraction of sp³-hybridized carbons (Fsp3) is 0.909. The summed E-state index contributed by atoms with van der Waals surface area (Å²) in [5, 5.41) is 0. The molecule has 4 atom stereocenters. The fourth-order valence-corrected chi connectivity index (χ4v) is 4.47. The third-order valence-corrected chi connectivity index (χ3v) is 4.90. The molecule has 0 radical (unpaired) electrons. The van der Waals surface area contributed by atoms with Crippen molar-refractivity contribution in [2.45, 2.75) is 38.5 Å². The molecule has 3 fully saturated rings. The minimum atomic E-state index is -0.984. The third kappa shape index (κ3) is 0.756. The number of carbonyl (C=O) groups is 1. The Labute approximate surface area is 77.7 Å². The largest absolute Gasteiger partial charge is 0.308 e. The molecule has 1 nitrogen and oxygen atoms in total. The minimum absolute atomic E-state index is 0.405. The lowest BCUT2D eigenvalue weighted by Gasteiger charge is -2.34. The van der Waals surface area contributed by atoms with Crippen LogP contribution in [0.2, 0.25) is 0 Å². The molecule has 0 aromatic carbocycles. The second-order valence-corrected chi connectivity index (χ2v) is 5.08. The molecule has 3 aliphatic carbocycles. The van der Waals surface area contributed by atoms with Crippen LogP contribution in [-0.4, -0.2) is 6.04 Å². The number of fused-ring (bicyclic) bond motifs is 5. The Morgan fingerprint density at radius 1 is 1.31 bits per heavy atom. The van der Waals surface area contributed by atoms with E-state index in [-0.39, 0.29) is 0 Å². The summed E-state index contributed by atoms with van der Waals surface area (Å²) in [5.74, 6) is 1.51. The Hall–Kier alpha value is -0.400. The molecule has 0 aliphatic heterocycles. The van der Waals surface area contributed by atoms with E-state index in [0.717, 1.165) is 32.1 Å². The van der Waals surface area contributed by atoms with Gasteiger partial charge < -0.3 is 0 Å². The molecule has 2 heteroatoms. The van der Waals surface area contributed by atoms with Gasteiger partial charge in [-0.2, -0.15) is 4.39 Å². The SMILES string of the molecule is O=C(F)C12CCCC1C1CCC2C1. The van der Waals surface area contributed by atoms with E-state index in [4.69, 9.17) is 0 Å². The molecule has 0 aromatic heterocycles. The van der Waals surface area contributed by atoms with E-state index in [2.05, 4.69) is 0 Å². The molecule has 3 aliphatic rings. The van der Waals surface area contributed by atoms with Crippen molar-refractivity contribution in [3.8, 4) is 0 Å². The first-order valence-corrected chi connectivity index (χ1v) is 5.45. The van der Waals surface area contributed by atoms with Gasteiger partial charge in [0.25, 0.3) is 0 Å². The van der Waals surface area contributed by atoms with Crippen LogP contribution in [0.15, 0.2) is 0 Å². The zero-order valence-electron chi connectivity index (χ0n) is 7.76. The summed E-state index contributed by atoms with van der Waals surface area (Å²) >= 11 is 0. The summed E-state index contributed by atoms with van der Waals surface area (Å²) in [5.41, 5.74) is -0.483. The first-order chi connectivity index (χ1) is 6.25. The molecular formula is C11H15FO. The molecule has 0 spiro atoms. The quantitative estimate of drug-likeness (QED) is 0.570. The highest BCUT2D eigenvalue weighted by atomic mass is 19.1. The minimum Gasteiger partial charge on any atom is -0.261 e. The van der Waals surface area contributed by atoms with Crippen LogP contribution in [0.4, 0.5) is 4.39 Å². The van der Waals surface area contributed by atoms with Crippen molar-refractivity contribution in [2.75, 3.05) is 0 Å². The standard InChI is InChI=1S/C11H15FO/c12-10(13)11-5-1-2-9(11)7-3-4-8(11)6-7/h7-9H,1-6H2. The Bertz CT molecular complexity index is 263. The van der Waals surface area contributed by atoms with Crippen LogP contribution in [0.3, 0.4) is 0 Å². The number of rotatable bonds is 1. The number of hydrogen-bond donors (Lipinski definition) is 0. The molecule has 0 aromatic rings. The predicted molar refractivity (Wildman–Crippen MR) is 46.7 cm³/mol. The molecule has 0 saturated heterocycles. The molecule has 13 heavy (non-hydrogen) atoms. The van der Waals surface area contributed by atoms with E-state index < -0.39 is 11.5 Å². The van der Waals surface area contributed by atoms with Crippen LogP contribution in [0, 0.1) is 23.2 Å². The van der Waals surface area contributed by atoms with Gasteiger partial charge in [-0.15, -0.1) is 0 Å². The van der Waals surface area contributed by atoms with E-state index in [9.17, 15) is 9.18 Å². The lowest BCUT2D eigenvalue weighted by atomic mass is 9.68. The van der Waals surface area contributed by atoms with Gasteiger partial charge in [0.1, 0.15) is 0 Å². The van der Waals surface area contributed by atoms with Gasteiger partial charge in [-0.25, -0.2) is 0 Å². The molecular weight excluding hydrogens is 167 g/mol. The van der Waals surface area contributed by atoms with E-state index in [1.807, 2.05) is 0 Å². The molecule has 0 heterocycles. The summed E-state index contributed by atoms with van der Waals surface area (Å²) in [4.78, 5) is 11.2. The zero-order valence-corrected chi connectivity index (χ0v) is 7.76. The molecule has 72 valence electrons. The van der Waals surface area contributed by atoms with Crippen molar-refractivity contribution >= 4 is 6.04 Å². The summed E-state index contributed by atoms with van der Waals surface area (Å²) in [6.45, 7) is 0. The van der Waals surface area contributed by atoms with E-state index in [1.54, 1.807) is 0 Å². The van der Waals surface area contributed by atoms with Crippen LogP contribution in [0.1, 0.15) is 38.5 Å². The maximum Gasteiger partial charge on any atom is 0.308 e. The van der Waals surface area contributed by atoms with Gasteiger partial charge in [-0.1, -0.05) is 6.42 Å². The number of carbonyl (C=O) groups excluding carboxylic acids is 1. The van der Waals surface area contributed by atoms with Gasteiger partial charge >= 0.3 is 6.04 Å². The third-order valence-electron chi connectivity index (χ3n) is 4.90. The van der Waals surface area contributed by atoms with Gasteiger partial charge in [0, 0.05) is 0 Å². The molecule has 2 bridgehead atoms. The molecule has 0 amide bonds. The van der Waals surface area contributed by atoms with Crippen molar-refractivity contribution in [1.29, 1.82) is 0 Å². The summed E-state index contributed by atoms with van der Waals surface area (Å²) in [6.07, 6.45) is 6.53. The van der Waals surface area contributed by atoms with Gasteiger partial charge in [-0.05, 0) is 49.9 Å². The Morgan fingerprint density at radius 3 is 2.85 bits per heavy atom. The first-order valence-electron chi connectivity index (χ1n) is 5.45. The van der Waals surface area contributed by atoms with E-state index >= 15 is 0 Å². The number of hydrogen-bond acceptors (Lipinski definition) is 1. The average Bonchev–Trinajstić information content (AvgIpc) is 2.76. The Balaban J connectivity index is 2.04. The second-order valence-electron chi connectivity index (χ2n) is 5.08. The highest BCUT2D eigenvalue weighted by Crippen LogP contribution is 2.66. The van der Waals surface area contributed by atoms with E-state index in [1.165, 1.54) is 6.42 Å². The molecule has 3 rings (SSSR count). The van der Waals surface area contributed by atoms with Gasteiger partial charge in [0.15, 0.2) is 0 Å². The van der Waals surface area contributed by atoms with Crippen LogP contribution in [-0.2, 0) is 4.79 Å². The van der Waals surface area contributed by atoms with Crippen molar-refractivity contribution < 1.29 is 9.18 Å². The van der Waals surface area contributed by atoms with Gasteiger partial charge in [-0.3, -0.25) is 4.79 Å². The summed E-state index contributed by atoms with van der Waals surface area (Å²) < 4.78 is 13.2. The highest BCUT2D eigenvalue weighted by molar-refractivity contribution is 5.77. The Kier molecular flexibility index (Phi) is 1.43. The average molecular weight is 182 g/mol. The summed E-state index contributed by atoms with van der Waals surface area (Å²) in [7, 11) is 0. The second kappa shape index (κ2) is 2.34. The van der Waals surface area contributed by atoms with Crippen molar-refractivity contribution in [3.05, 3.63) is 0 Å². The first kappa shape index (κ1) is 7.95. The van der Waals surface area contributed by atoms with Crippen molar-refractivity contribution in [1.82, 2.24) is 0 Å². The zero-order chi connectivity index (χ0) is 9.05. The van der Waals surface area contributed by atoms with Gasteiger partial charge in [0.05, 0.1) is 5.41 Å². The van der Waals surface area contributed by atoms with Gasteiger partial charge in [0.2, 0.25) is 0 Å². The monoisotopic (exact) mass is 182 g/mol. The topological polar surface area (TPSA) is 17.1 Å². The van der Waals surface area contributed by atoms with Crippen LogP contribution in [0.5, 0.6) is 0 Å². The predicted octanol–water partition coefficient (Wildman–Crippen LogP) is 2.70. The lowest BCUT2D eigenvalue weighted by Crippen LogP contribution is -2.37. The lowest BCUT2D eigenvalue weighted by molar-refractivity contribution is -0.145. The maximum absolute atomic E-state index is 13.2. The molecule has 3 saturated carbocycles.